The van der Waals surface area contributed by atoms with Crippen LogP contribution in [0.4, 0.5) is 4.39 Å². The topological polar surface area (TPSA) is 24.8 Å². The molecule has 0 saturated carbocycles. The molecule has 0 N–H and O–H groups in total. The number of benzene rings is 3. The van der Waals surface area contributed by atoms with E-state index in [1.54, 1.807) is 12.1 Å². The number of hydrogen-bond acceptors (Lipinski definition) is 3. The summed E-state index contributed by atoms with van der Waals surface area (Å²) in [6, 6.07) is 24.9. The van der Waals surface area contributed by atoms with Crippen LogP contribution in [-0.2, 0) is 0 Å². The van der Waals surface area contributed by atoms with E-state index in [0.29, 0.717) is 0 Å². The van der Waals surface area contributed by atoms with Crippen molar-refractivity contribution in [2.24, 2.45) is 5.10 Å². The maximum absolute atomic E-state index is 13.4. The zero-order chi connectivity index (χ0) is 17.5. The van der Waals surface area contributed by atoms with Gasteiger partial charge in [0, 0.05) is 17.5 Å². The fourth-order valence-corrected chi connectivity index (χ4v) is 3.69. The van der Waals surface area contributed by atoms with E-state index >= 15 is 0 Å². The minimum absolute atomic E-state index is 0.116. The zero-order valence-electron chi connectivity index (χ0n) is 14.0. The summed E-state index contributed by atoms with van der Waals surface area (Å²) in [5.74, 6) is 0.615. The molecule has 2 aliphatic heterocycles. The molecule has 4 heteroatoms. The van der Waals surface area contributed by atoms with Crippen molar-refractivity contribution in [3.8, 4) is 5.75 Å². The smallest absolute Gasteiger partial charge is 0.213 e. The molecule has 3 nitrogen and oxygen atoms in total. The number of hydrazone groups is 1. The van der Waals surface area contributed by atoms with Crippen molar-refractivity contribution >= 4 is 5.71 Å². The number of nitrogens with zero attached hydrogens (tertiary/aromatic N) is 2. The Hall–Kier alpha value is -3.14. The van der Waals surface area contributed by atoms with Gasteiger partial charge in [0.1, 0.15) is 11.6 Å². The summed E-state index contributed by atoms with van der Waals surface area (Å²) in [6.45, 7) is 0. The van der Waals surface area contributed by atoms with Gasteiger partial charge in [0.2, 0.25) is 6.23 Å². The van der Waals surface area contributed by atoms with E-state index in [1.165, 1.54) is 12.1 Å². The highest BCUT2D eigenvalue weighted by molar-refractivity contribution is 6.01. The number of fused-ring (bicyclic) bond motifs is 3. The summed E-state index contributed by atoms with van der Waals surface area (Å²) in [6.07, 6.45) is 0.457. The fourth-order valence-electron chi connectivity index (χ4n) is 3.69. The van der Waals surface area contributed by atoms with Crippen LogP contribution in [0.2, 0.25) is 0 Å². The molecule has 3 aromatic rings. The molecule has 26 heavy (non-hydrogen) atoms. The molecule has 0 saturated heterocycles. The number of hydrogen-bond donors (Lipinski definition) is 0. The largest absolute Gasteiger partial charge is 0.464 e. The van der Waals surface area contributed by atoms with Gasteiger partial charge < -0.3 is 4.74 Å². The number of halogens is 1. The number of para-hydroxylation sites is 1. The third-order valence-corrected chi connectivity index (χ3v) is 4.96. The quantitative estimate of drug-likeness (QED) is 0.648. The van der Waals surface area contributed by atoms with Crippen molar-refractivity contribution in [1.82, 2.24) is 5.01 Å². The van der Waals surface area contributed by atoms with Crippen molar-refractivity contribution in [1.29, 1.82) is 0 Å². The molecule has 2 heterocycles. The van der Waals surface area contributed by atoms with Crippen LogP contribution in [0.3, 0.4) is 0 Å². The minimum Gasteiger partial charge on any atom is -0.464 e. The molecule has 0 fully saturated rings. The van der Waals surface area contributed by atoms with E-state index in [9.17, 15) is 4.39 Å². The van der Waals surface area contributed by atoms with Crippen LogP contribution in [0.1, 0.15) is 35.4 Å². The lowest BCUT2D eigenvalue weighted by molar-refractivity contribution is -0.0190. The Bertz CT molecular complexity index is 969. The summed E-state index contributed by atoms with van der Waals surface area (Å²) in [5.41, 5.74) is 4.20. The van der Waals surface area contributed by atoms with Gasteiger partial charge in [-0.3, -0.25) is 0 Å². The average molecular weight is 344 g/mol. The maximum Gasteiger partial charge on any atom is 0.213 e. The van der Waals surface area contributed by atoms with Gasteiger partial charge >= 0.3 is 0 Å². The predicted octanol–water partition coefficient (Wildman–Crippen LogP) is 5.07. The van der Waals surface area contributed by atoms with Gasteiger partial charge in [0.15, 0.2) is 0 Å². The highest BCUT2D eigenvalue weighted by Crippen LogP contribution is 2.47. The molecule has 0 aromatic heterocycles. The Morgan fingerprint density at radius 1 is 0.885 bits per heavy atom. The number of rotatable bonds is 2. The Kier molecular flexibility index (Phi) is 3.49. The lowest BCUT2D eigenvalue weighted by Crippen LogP contribution is -2.33. The van der Waals surface area contributed by atoms with E-state index in [1.807, 2.05) is 41.4 Å². The van der Waals surface area contributed by atoms with E-state index < -0.39 is 0 Å². The van der Waals surface area contributed by atoms with Crippen LogP contribution < -0.4 is 4.74 Å². The Morgan fingerprint density at radius 2 is 1.62 bits per heavy atom. The summed E-state index contributed by atoms with van der Waals surface area (Å²) >= 11 is 0. The van der Waals surface area contributed by atoms with Crippen molar-refractivity contribution in [2.45, 2.75) is 18.7 Å². The van der Waals surface area contributed by atoms with Crippen molar-refractivity contribution in [3.63, 3.8) is 0 Å². The van der Waals surface area contributed by atoms with Crippen LogP contribution in [0.15, 0.2) is 84.0 Å². The highest BCUT2D eigenvalue weighted by atomic mass is 19.1. The summed E-state index contributed by atoms with van der Waals surface area (Å²) in [4.78, 5) is 0. The molecular weight excluding hydrogens is 327 g/mol. The van der Waals surface area contributed by atoms with Crippen LogP contribution in [-0.4, -0.2) is 10.7 Å². The van der Waals surface area contributed by atoms with Crippen molar-refractivity contribution in [3.05, 3.63) is 101 Å². The second-order valence-electron chi connectivity index (χ2n) is 6.57. The molecule has 0 unspecified atom stereocenters. The molecule has 0 bridgehead atoms. The summed E-state index contributed by atoms with van der Waals surface area (Å²) in [7, 11) is 0. The summed E-state index contributed by atoms with van der Waals surface area (Å²) < 4.78 is 19.6. The molecular formula is C22H17FN2O. The second-order valence-corrected chi connectivity index (χ2v) is 6.57. The average Bonchev–Trinajstić information content (AvgIpc) is 3.14. The lowest BCUT2D eigenvalue weighted by atomic mass is 9.96. The van der Waals surface area contributed by atoms with Crippen LogP contribution >= 0.6 is 0 Å². The van der Waals surface area contributed by atoms with E-state index in [0.717, 1.165) is 34.6 Å². The lowest BCUT2D eigenvalue weighted by Gasteiger charge is -2.38. The standard InChI is InChI=1S/C22H17FN2O/c23-17-12-10-16(11-13-17)22-25-20(18-8-4-5-9-21(18)26-22)14-19(24-25)15-6-2-1-3-7-15/h1-13,20,22H,14H2/t20-,22+/m0/s1. The normalized spacial score (nSPS) is 20.8. The number of ether oxygens (including phenoxy) is 1. The Balaban J connectivity index is 1.60. The SMILES string of the molecule is Fc1ccc([C@H]2Oc3ccccc3[C@@H]3CC(c4ccccc4)=NN23)cc1. The monoisotopic (exact) mass is 344 g/mol. The molecule has 0 spiro atoms. The van der Waals surface area contributed by atoms with Gasteiger partial charge in [-0.2, -0.15) is 5.10 Å². The zero-order valence-corrected chi connectivity index (χ0v) is 14.0. The van der Waals surface area contributed by atoms with E-state index in [4.69, 9.17) is 9.84 Å². The molecule has 2 atom stereocenters. The third kappa shape index (κ3) is 2.46. The molecule has 5 rings (SSSR count). The predicted molar refractivity (Wildman–Crippen MR) is 98.4 cm³/mol. The Morgan fingerprint density at radius 3 is 2.42 bits per heavy atom. The Labute approximate surface area is 151 Å². The van der Waals surface area contributed by atoms with Crippen molar-refractivity contribution < 1.29 is 9.13 Å². The first-order chi connectivity index (χ1) is 12.8. The van der Waals surface area contributed by atoms with Gasteiger partial charge in [0.25, 0.3) is 0 Å². The summed E-state index contributed by atoms with van der Waals surface area (Å²) in [5, 5.41) is 6.90. The first-order valence-electron chi connectivity index (χ1n) is 8.72. The molecule has 0 radical (unpaired) electrons. The van der Waals surface area contributed by atoms with Gasteiger partial charge in [-0.1, -0.05) is 60.7 Å². The fraction of sp³-hybridized carbons (Fsp3) is 0.136. The molecule has 0 aliphatic carbocycles. The molecule has 128 valence electrons. The molecule has 2 aliphatic rings. The van der Waals surface area contributed by atoms with Crippen LogP contribution in [0, 0.1) is 5.82 Å². The highest BCUT2D eigenvalue weighted by Gasteiger charge is 2.40. The minimum atomic E-state index is -0.364. The van der Waals surface area contributed by atoms with Crippen LogP contribution in [0.5, 0.6) is 5.75 Å². The van der Waals surface area contributed by atoms with Crippen LogP contribution in [0.25, 0.3) is 0 Å². The van der Waals surface area contributed by atoms with Gasteiger partial charge in [-0.25, -0.2) is 9.40 Å². The van der Waals surface area contributed by atoms with E-state index in [-0.39, 0.29) is 18.1 Å². The molecule has 3 aromatic carbocycles. The third-order valence-electron chi connectivity index (χ3n) is 4.96. The van der Waals surface area contributed by atoms with Gasteiger partial charge in [0.05, 0.1) is 11.8 Å². The second kappa shape index (κ2) is 5.99. The maximum atomic E-state index is 13.4. The first kappa shape index (κ1) is 15.1. The van der Waals surface area contributed by atoms with Crippen molar-refractivity contribution in [2.75, 3.05) is 0 Å². The first-order valence-corrected chi connectivity index (χ1v) is 8.72. The van der Waals surface area contributed by atoms with Gasteiger partial charge in [-0.15, -0.1) is 0 Å². The van der Waals surface area contributed by atoms with Gasteiger partial charge in [-0.05, 0) is 23.8 Å². The molecule has 0 amide bonds. The van der Waals surface area contributed by atoms with E-state index in [2.05, 4.69) is 18.2 Å².